The van der Waals surface area contributed by atoms with Gasteiger partial charge in [-0.05, 0) is 63.9 Å². The molecule has 1 aromatic rings. The fourth-order valence-electron chi connectivity index (χ4n) is 3.30. The maximum atomic E-state index is 5.47. The summed E-state index contributed by atoms with van der Waals surface area (Å²) in [6, 6.07) is 4.75. The van der Waals surface area contributed by atoms with Crippen molar-refractivity contribution in [3.63, 3.8) is 0 Å². The van der Waals surface area contributed by atoms with Gasteiger partial charge in [-0.15, -0.1) is 12.4 Å². The van der Waals surface area contributed by atoms with Crippen LogP contribution in [-0.4, -0.2) is 44.2 Å². The number of hydrogen-bond donors (Lipinski definition) is 2. The Morgan fingerprint density at radius 3 is 2.71 bits per heavy atom. The second kappa shape index (κ2) is 10.7. The van der Waals surface area contributed by atoms with Gasteiger partial charge in [0, 0.05) is 18.7 Å². The van der Waals surface area contributed by atoms with E-state index < -0.39 is 0 Å². The summed E-state index contributed by atoms with van der Waals surface area (Å²) in [5.74, 6) is 0.949. The molecule has 4 nitrogen and oxygen atoms in total. The Hall–Kier alpha value is -1.13. The number of nitrogens with one attached hydrogen (secondary N) is 2. The lowest BCUT2D eigenvalue weighted by molar-refractivity contribution is 0.295. The molecule has 0 bridgehead atoms. The van der Waals surface area contributed by atoms with Crippen LogP contribution in [0.25, 0.3) is 0 Å². The largest absolute Gasteiger partial charge is 0.497 e. The van der Waals surface area contributed by atoms with Gasteiger partial charge in [0.25, 0.3) is 0 Å². The fraction of sp³-hybridized carbons (Fsp3) is 0.684. The van der Waals surface area contributed by atoms with Gasteiger partial charge in [-0.2, -0.15) is 0 Å². The van der Waals surface area contributed by atoms with E-state index >= 15 is 0 Å². The van der Waals surface area contributed by atoms with Gasteiger partial charge in [0.2, 0.25) is 0 Å². The van der Waals surface area contributed by atoms with Crippen LogP contribution < -0.4 is 15.4 Å². The third kappa shape index (κ3) is 5.75. The first-order valence-corrected chi connectivity index (χ1v) is 9.11. The molecule has 1 aliphatic rings. The van der Waals surface area contributed by atoms with E-state index in [1.807, 2.05) is 0 Å². The summed E-state index contributed by atoms with van der Waals surface area (Å²) < 4.78 is 5.47. The zero-order chi connectivity index (χ0) is 16.7. The number of fused-ring (bicyclic) bond motifs is 1. The van der Waals surface area contributed by atoms with Gasteiger partial charge >= 0.3 is 0 Å². The van der Waals surface area contributed by atoms with Crippen molar-refractivity contribution in [2.45, 2.75) is 52.5 Å². The minimum atomic E-state index is 0. The molecule has 0 saturated heterocycles. The number of methoxy groups -OCH3 is 1. The van der Waals surface area contributed by atoms with Crippen LogP contribution in [0.3, 0.4) is 0 Å². The third-order valence-corrected chi connectivity index (χ3v) is 4.76. The molecule has 0 saturated carbocycles. The minimum absolute atomic E-state index is 0. The van der Waals surface area contributed by atoms with E-state index in [1.165, 1.54) is 42.7 Å². The standard InChI is InChI=1S/C19H33N3O.ClH/c1-5-22(6-2)12-8-9-15(3)21-18-14-17(23-4)13-16-10-7-11-20-19(16)18;/h13-15,20-21H,5-12H2,1-4H3;1H. The number of benzene rings is 1. The first-order valence-electron chi connectivity index (χ1n) is 9.11. The molecule has 0 aliphatic carbocycles. The van der Waals surface area contributed by atoms with Crippen LogP contribution in [0.5, 0.6) is 5.75 Å². The SMILES string of the molecule is CCN(CC)CCCC(C)Nc1cc(OC)cc2c1NCCC2.Cl. The van der Waals surface area contributed by atoms with E-state index in [9.17, 15) is 0 Å². The number of nitrogens with zero attached hydrogens (tertiary/aromatic N) is 1. The topological polar surface area (TPSA) is 36.5 Å². The van der Waals surface area contributed by atoms with Crippen LogP contribution in [0.1, 0.15) is 45.6 Å². The third-order valence-electron chi connectivity index (χ3n) is 4.76. The normalized spacial score (nSPS) is 14.4. The Balaban J connectivity index is 0.00000288. The molecule has 1 aromatic carbocycles. The molecule has 0 fully saturated rings. The molecule has 0 aromatic heterocycles. The first-order chi connectivity index (χ1) is 11.2. The van der Waals surface area contributed by atoms with Crippen molar-refractivity contribution >= 4 is 23.8 Å². The van der Waals surface area contributed by atoms with Crippen LogP contribution in [0, 0.1) is 0 Å². The highest BCUT2D eigenvalue weighted by Crippen LogP contribution is 2.35. The Morgan fingerprint density at radius 1 is 1.29 bits per heavy atom. The van der Waals surface area contributed by atoms with Crippen LogP contribution >= 0.6 is 12.4 Å². The number of rotatable bonds is 9. The van der Waals surface area contributed by atoms with Crippen LogP contribution in [-0.2, 0) is 6.42 Å². The summed E-state index contributed by atoms with van der Waals surface area (Å²) >= 11 is 0. The zero-order valence-corrected chi connectivity index (χ0v) is 16.5. The molecule has 0 amide bonds. The molecular weight excluding hydrogens is 322 g/mol. The van der Waals surface area contributed by atoms with Crippen LogP contribution in [0.4, 0.5) is 11.4 Å². The van der Waals surface area contributed by atoms with Gasteiger partial charge in [0.05, 0.1) is 18.5 Å². The van der Waals surface area contributed by atoms with E-state index in [0.29, 0.717) is 6.04 Å². The Morgan fingerprint density at radius 2 is 2.04 bits per heavy atom. The van der Waals surface area contributed by atoms with Crippen molar-refractivity contribution in [2.75, 3.05) is 43.9 Å². The van der Waals surface area contributed by atoms with Crippen LogP contribution in [0.15, 0.2) is 12.1 Å². The summed E-state index contributed by atoms with van der Waals surface area (Å²) in [5.41, 5.74) is 3.83. The average molecular weight is 356 g/mol. The molecule has 2 N–H and O–H groups in total. The fourth-order valence-corrected chi connectivity index (χ4v) is 3.30. The highest BCUT2D eigenvalue weighted by Gasteiger charge is 2.16. The lowest BCUT2D eigenvalue weighted by Gasteiger charge is -2.25. The van der Waals surface area contributed by atoms with Gasteiger partial charge in [-0.3, -0.25) is 0 Å². The molecule has 1 atom stereocenters. The molecule has 5 heteroatoms. The lowest BCUT2D eigenvalue weighted by atomic mass is 10.0. The molecule has 2 rings (SSSR count). The smallest absolute Gasteiger partial charge is 0.121 e. The quantitative estimate of drug-likeness (QED) is 0.688. The average Bonchev–Trinajstić information content (AvgIpc) is 2.58. The summed E-state index contributed by atoms with van der Waals surface area (Å²) in [6.07, 6.45) is 4.74. The van der Waals surface area contributed by atoms with Crippen LogP contribution in [0.2, 0.25) is 0 Å². The maximum Gasteiger partial charge on any atom is 0.121 e. The number of anilines is 2. The Bertz CT molecular complexity index is 492. The van der Waals surface area contributed by atoms with E-state index in [0.717, 1.165) is 31.8 Å². The second-order valence-electron chi connectivity index (χ2n) is 6.45. The van der Waals surface area contributed by atoms with Crippen molar-refractivity contribution in [1.29, 1.82) is 0 Å². The summed E-state index contributed by atoms with van der Waals surface area (Å²) in [5, 5.41) is 7.25. The van der Waals surface area contributed by atoms with E-state index in [1.54, 1.807) is 7.11 Å². The summed E-state index contributed by atoms with van der Waals surface area (Å²) in [4.78, 5) is 2.49. The zero-order valence-electron chi connectivity index (χ0n) is 15.7. The predicted octanol–water partition coefficient (Wildman–Crippen LogP) is 4.40. The Kier molecular flexibility index (Phi) is 9.30. The monoisotopic (exact) mass is 355 g/mol. The molecular formula is C19H34ClN3O. The maximum absolute atomic E-state index is 5.47. The number of ether oxygens (including phenoxy) is 1. The van der Waals surface area contributed by atoms with Crippen molar-refractivity contribution in [3.05, 3.63) is 17.7 Å². The lowest BCUT2D eigenvalue weighted by Crippen LogP contribution is -2.26. The molecule has 24 heavy (non-hydrogen) atoms. The summed E-state index contributed by atoms with van der Waals surface area (Å²) in [6.45, 7) is 11.3. The van der Waals surface area contributed by atoms with Gasteiger partial charge in [0.15, 0.2) is 0 Å². The van der Waals surface area contributed by atoms with Gasteiger partial charge in [-0.25, -0.2) is 0 Å². The molecule has 1 unspecified atom stereocenters. The van der Waals surface area contributed by atoms with E-state index in [2.05, 4.69) is 48.4 Å². The van der Waals surface area contributed by atoms with Crippen molar-refractivity contribution in [3.8, 4) is 5.75 Å². The minimum Gasteiger partial charge on any atom is -0.497 e. The molecule has 1 aliphatic heterocycles. The molecule has 138 valence electrons. The molecule has 0 radical (unpaired) electrons. The predicted molar refractivity (Wildman–Crippen MR) is 107 cm³/mol. The van der Waals surface area contributed by atoms with Crippen molar-refractivity contribution < 1.29 is 4.74 Å². The van der Waals surface area contributed by atoms with E-state index in [4.69, 9.17) is 4.74 Å². The van der Waals surface area contributed by atoms with Gasteiger partial charge in [0.1, 0.15) is 5.75 Å². The first kappa shape index (κ1) is 20.9. The number of hydrogen-bond acceptors (Lipinski definition) is 4. The molecule has 0 spiro atoms. The Labute approximate surface area is 153 Å². The number of aryl methyl sites for hydroxylation is 1. The van der Waals surface area contributed by atoms with Crippen molar-refractivity contribution in [2.24, 2.45) is 0 Å². The van der Waals surface area contributed by atoms with Crippen molar-refractivity contribution in [1.82, 2.24) is 4.90 Å². The van der Waals surface area contributed by atoms with E-state index in [-0.39, 0.29) is 12.4 Å². The highest BCUT2D eigenvalue weighted by molar-refractivity contribution is 5.85. The molecule has 1 heterocycles. The number of halogens is 1. The van der Waals surface area contributed by atoms with Gasteiger partial charge < -0.3 is 20.3 Å². The van der Waals surface area contributed by atoms with Gasteiger partial charge in [-0.1, -0.05) is 13.8 Å². The summed E-state index contributed by atoms with van der Waals surface area (Å²) in [7, 11) is 1.75. The second-order valence-corrected chi connectivity index (χ2v) is 6.45. The highest BCUT2D eigenvalue weighted by atomic mass is 35.5.